The van der Waals surface area contributed by atoms with E-state index >= 15 is 0 Å². The summed E-state index contributed by atoms with van der Waals surface area (Å²) < 4.78 is 5.10. The zero-order valence-electron chi connectivity index (χ0n) is 25.2. The highest BCUT2D eigenvalue weighted by Crippen LogP contribution is 2.35. The number of ether oxygens (including phenoxy) is 1. The minimum Gasteiger partial charge on any atom is -0.379 e. The van der Waals surface area contributed by atoms with Gasteiger partial charge < -0.3 is 19.9 Å². The third-order valence-electron chi connectivity index (χ3n) is 6.86. The number of piperidine rings is 1. The van der Waals surface area contributed by atoms with Gasteiger partial charge in [0, 0.05) is 30.2 Å². The highest BCUT2D eigenvalue weighted by Gasteiger charge is 2.38. The molecule has 33 heavy (non-hydrogen) atoms. The maximum absolute atomic E-state index is 5.10. The van der Waals surface area contributed by atoms with Crippen molar-refractivity contribution in [3.8, 4) is 0 Å². The summed E-state index contributed by atoms with van der Waals surface area (Å²) in [6.45, 7) is 30.7. The van der Waals surface area contributed by atoms with Crippen LogP contribution in [0.4, 0.5) is 0 Å². The van der Waals surface area contributed by atoms with Crippen LogP contribution in [0.3, 0.4) is 0 Å². The lowest BCUT2D eigenvalue weighted by Gasteiger charge is -2.49. The van der Waals surface area contributed by atoms with E-state index in [1.165, 1.54) is 45.1 Å². The van der Waals surface area contributed by atoms with Gasteiger partial charge >= 0.3 is 0 Å². The van der Waals surface area contributed by atoms with Gasteiger partial charge in [0.25, 0.3) is 0 Å². The van der Waals surface area contributed by atoms with Crippen molar-refractivity contribution < 1.29 is 4.74 Å². The molecule has 0 spiro atoms. The summed E-state index contributed by atoms with van der Waals surface area (Å²) >= 11 is 0. The molecule has 0 atom stereocenters. The van der Waals surface area contributed by atoms with Crippen LogP contribution in [0.15, 0.2) is 0 Å². The Kier molecular flexibility index (Phi) is 14.3. The maximum atomic E-state index is 5.10. The van der Waals surface area contributed by atoms with E-state index in [4.69, 9.17) is 4.74 Å². The first-order chi connectivity index (χ1) is 14.9. The molecule has 200 valence electrons. The fraction of sp³-hybridized carbons (Fsp3) is 1.00. The molecule has 0 aliphatic carbocycles. The molecule has 4 heteroatoms. The predicted octanol–water partition coefficient (Wildman–Crippen LogP) is 6.83. The van der Waals surface area contributed by atoms with Crippen LogP contribution in [0.2, 0.25) is 0 Å². The van der Waals surface area contributed by atoms with Crippen LogP contribution >= 0.6 is 0 Å². The molecule has 2 aliphatic heterocycles. The Bertz CT molecular complexity index is 485. The fourth-order valence-electron chi connectivity index (χ4n) is 5.39. The first kappa shape index (κ1) is 32.8. The summed E-state index contributed by atoms with van der Waals surface area (Å²) in [6.07, 6.45) is 7.73. The predicted molar refractivity (Wildman–Crippen MR) is 148 cm³/mol. The lowest BCUT2D eigenvalue weighted by atomic mass is 9.75. The van der Waals surface area contributed by atoms with Gasteiger partial charge in [0.15, 0.2) is 0 Å². The molecule has 2 heterocycles. The second-order valence-corrected chi connectivity index (χ2v) is 14.0. The van der Waals surface area contributed by atoms with Gasteiger partial charge in [-0.2, -0.15) is 0 Å². The average molecular weight is 470 g/mol. The normalized spacial score (nSPS) is 21.6. The molecule has 2 fully saturated rings. The Morgan fingerprint density at radius 3 is 1.73 bits per heavy atom. The molecule has 0 aromatic rings. The number of likely N-dealkylation sites (N-methyl/N-ethyl adjacent to an activating group) is 1. The van der Waals surface area contributed by atoms with Crippen molar-refractivity contribution in [2.75, 3.05) is 46.9 Å². The molecule has 4 nitrogen and oxygen atoms in total. The number of hydrogen-bond acceptors (Lipinski definition) is 4. The summed E-state index contributed by atoms with van der Waals surface area (Å²) in [7, 11) is 4.40. The Balaban J connectivity index is 0.000000513. The largest absolute Gasteiger partial charge is 0.379 e. The van der Waals surface area contributed by atoms with E-state index in [1.807, 2.05) is 0 Å². The average Bonchev–Trinajstić information content (AvgIpc) is 2.63. The van der Waals surface area contributed by atoms with Gasteiger partial charge in [0.2, 0.25) is 0 Å². The zero-order valence-corrected chi connectivity index (χ0v) is 25.2. The van der Waals surface area contributed by atoms with E-state index in [-0.39, 0.29) is 11.1 Å². The molecule has 0 unspecified atom stereocenters. The van der Waals surface area contributed by atoms with E-state index in [1.54, 1.807) is 0 Å². The Morgan fingerprint density at radius 1 is 0.939 bits per heavy atom. The van der Waals surface area contributed by atoms with E-state index in [2.05, 4.69) is 105 Å². The van der Waals surface area contributed by atoms with Crippen molar-refractivity contribution in [3.05, 3.63) is 0 Å². The number of hydrogen-bond donors (Lipinski definition) is 1. The van der Waals surface area contributed by atoms with Crippen molar-refractivity contribution >= 4 is 0 Å². The Hall–Kier alpha value is -0.160. The van der Waals surface area contributed by atoms with Gasteiger partial charge in [-0.25, -0.2) is 0 Å². The SMILES string of the molecule is CCC(C)(C)CC(C)(C)C.CCCCN(C)C1CC(C)(C)NC(C)(C)C1.CN1CCOCC1. The van der Waals surface area contributed by atoms with Crippen molar-refractivity contribution in [1.82, 2.24) is 15.1 Å². The third-order valence-corrected chi connectivity index (χ3v) is 6.86. The fourth-order valence-corrected chi connectivity index (χ4v) is 5.39. The second-order valence-electron chi connectivity index (χ2n) is 14.0. The molecule has 2 saturated heterocycles. The van der Waals surface area contributed by atoms with Crippen molar-refractivity contribution in [3.63, 3.8) is 0 Å². The summed E-state index contributed by atoms with van der Waals surface area (Å²) in [6, 6.07) is 0.734. The van der Waals surface area contributed by atoms with Gasteiger partial charge in [0.05, 0.1) is 13.2 Å². The van der Waals surface area contributed by atoms with Crippen LogP contribution in [0.5, 0.6) is 0 Å². The molecule has 2 aliphatic rings. The number of nitrogens with one attached hydrogen (secondary N) is 1. The minimum absolute atomic E-state index is 0.271. The Labute approximate surface area is 209 Å². The minimum atomic E-state index is 0.271. The highest BCUT2D eigenvalue weighted by molar-refractivity contribution is 4.99. The molecule has 0 saturated carbocycles. The summed E-state index contributed by atoms with van der Waals surface area (Å²) in [5.41, 5.74) is 1.55. The maximum Gasteiger partial charge on any atom is 0.0594 e. The smallest absolute Gasteiger partial charge is 0.0594 e. The van der Waals surface area contributed by atoms with Gasteiger partial charge in [-0.1, -0.05) is 61.3 Å². The standard InChI is InChI=1S/C14H30N2.C10H22.C5H11NO/c1-7-8-9-16(6)12-10-13(2,3)15-14(4,5)11-12;1-7-10(5,6)8-9(2,3)4;1-6-2-4-7-5-3-6/h12,15H,7-11H2,1-6H3;7-8H2,1-6H3;2-5H2,1H3. The molecule has 2 rings (SSSR count). The van der Waals surface area contributed by atoms with E-state index < -0.39 is 0 Å². The number of unbranched alkanes of at least 4 members (excludes halogenated alkanes) is 1. The first-order valence-corrected chi connectivity index (χ1v) is 13.7. The van der Waals surface area contributed by atoms with Crippen LogP contribution in [0.25, 0.3) is 0 Å². The van der Waals surface area contributed by atoms with E-state index in [9.17, 15) is 0 Å². The van der Waals surface area contributed by atoms with E-state index in [0.29, 0.717) is 10.8 Å². The molecule has 0 bridgehead atoms. The topological polar surface area (TPSA) is 27.7 Å². The summed E-state index contributed by atoms with van der Waals surface area (Å²) in [5.74, 6) is 0. The van der Waals surface area contributed by atoms with Crippen LogP contribution in [-0.4, -0.2) is 73.9 Å². The van der Waals surface area contributed by atoms with Gasteiger partial charge in [0.1, 0.15) is 0 Å². The van der Waals surface area contributed by atoms with Crippen LogP contribution in [-0.2, 0) is 4.74 Å². The molecular weight excluding hydrogens is 406 g/mol. The quantitative estimate of drug-likeness (QED) is 0.461. The Morgan fingerprint density at radius 2 is 1.42 bits per heavy atom. The van der Waals surface area contributed by atoms with Crippen LogP contribution < -0.4 is 5.32 Å². The molecule has 1 N–H and O–H groups in total. The van der Waals surface area contributed by atoms with Crippen LogP contribution in [0, 0.1) is 10.8 Å². The van der Waals surface area contributed by atoms with Crippen molar-refractivity contribution in [1.29, 1.82) is 0 Å². The van der Waals surface area contributed by atoms with Gasteiger partial charge in [-0.15, -0.1) is 0 Å². The second kappa shape index (κ2) is 14.4. The van der Waals surface area contributed by atoms with Gasteiger partial charge in [-0.3, -0.25) is 0 Å². The van der Waals surface area contributed by atoms with Crippen molar-refractivity contribution in [2.24, 2.45) is 10.8 Å². The van der Waals surface area contributed by atoms with E-state index in [0.717, 1.165) is 32.3 Å². The first-order valence-electron chi connectivity index (χ1n) is 13.7. The highest BCUT2D eigenvalue weighted by atomic mass is 16.5. The zero-order chi connectivity index (χ0) is 25.9. The van der Waals surface area contributed by atoms with Crippen molar-refractivity contribution in [2.45, 2.75) is 132 Å². The molecule has 0 radical (unpaired) electrons. The lowest BCUT2D eigenvalue weighted by Crippen LogP contribution is -2.61. The van der Waals surface area contributed by atoms with Gasteiger partial charge in [-0.05, 0) is 84.8 Å². The van der Waals surface area contributed by atoms with Crippen LogP contribution in [0.1, 0.15) is 115 Å². The molecule has 0 amide bonds. The third kappa shape index (κ3) is 17.0. The monoisotopic (exact) mass is 469 g/mol. The molecule has 0 aromatic carbocycles. The number of nitrogens with zero attached hydrogens (tertiary/aromatic N) is 2. The summed E-state index contributed by atoms with van der Waals surface area (Å²) in [4.78, 5) is 4.83. The number of morpholine rings is 1. The number of rotatable bonds is 6. The molecular formula is C29H63N3O. The molecule has 0 aromatic heterocycles. The summed E-state index contributed by atoms with van der Waals surface area (Å²) in [5, 5.41) is 3.75. The lowest BCUT2D eigenvalue weighted by molar-refractivity contribution is 0.0503.